The first-order valence-electron chi connectivity index (χ1n) is 10.4. The van der Waals surface area contributed by atoms with Crippen LogP contribution >= 0.6 is 0 Å². The number of alkyl halides is 3. The van der Waals surface area contributed by atoms with Crippen LogP contribution in [0.25, 0.3) is 11.1 Å². The molecule has 0 spiro atoms. The lowest BCUT2D eigenvalue weighted by atomic mass is 9.79. The van der Waals surface area contributed by atoms with Gasteiger partial charge in [0.2, 0.25) is 0 Å². The molecule has 1 aliphatic heterocycles. The van der Waals surface area contributed by atoms with Crippen molar-refractivity contribution in [3.63, 3.8) is 0 Å². The lowest BCUT2D eigenvalue weighted by Gasteiger charge is -2.28. The Labute approximate surface area is 175 Å². The van der Waals surface area contributed by atoms with Crippen LogP contribution in [-0.4, -0.2) is 24.2 Å². The molecule has 2 aromatic carbocycles. The normalized spacial score (nSPS) is 16.6. The second-order valence-electron chi connectivity index (χ2n) is 8.44. The van der Waals surface area contributed by atoms with Crippen LogP contribution in [0.15, 0.2) is 42.5 Å². The lowest BCUT2D eigenvalue weighted by molar-refractivity contribution is -0.141. The van der Waals surface area contributed by atoms with Crippen molar-refractivity contribution in [2.45, 2.75) is 51.1 Å². The Kier molecular flexibility index (Phi) is 6.86. The first kappa shape index (κ1) is 22.3. The summed E-state index contributed by atoms with van der Waals surface area (Å²) in [5, 5.41) is 13.1. The average Bonchev–Trinajstić information content (AvgIpc) is 2.71. The molecule has 1 heterocycles. The fourth-order valence-electron chi connectivity index (χ4n) is 4.35. The summed E-state index contributed by atoms with van der Waals surface area (Å²) in [6.45, 7) is 5.27. The number of halogens is 3. The molecule has 3 nitrogen and oxygen atoms in total. The standard InChI is InChI=1S/C24H28F3NO2/c1-15(2)12-21(23(29)30)20-14-18(16-8-10-28-11-9-16)13-19(22(20)24(25,26)27)17-6-4-3-5-7-17/h3-7,13-16,21,28H,8-12H2,1-2H3,(H,29,30). The summed E-state index contributed by atoms with van der Waals surface area (Å²) in [7, 11) is 0. The van der Waals surface area contributed by atoms with Gasteiger partial charge < -0.3 is 10.4 Å². The maximum Gasteiger partial charge on any atom is 0.417 e. The number of carboxylic acids is 1. The second kappa shape index (κ2) is 9.21. The monoisotopic (exact) mass is 419 g/mol. The molecule has 1 saturated heterocycles. The molecule has 0 amide bonds. The van der Waals surface area contributed by atoms with Gasteiger partial charge in [-0.1, -0.05) is 56.3 Å². The summed E-state index contributed by atoms with van der Waals surface area (Å²) in [6.07, 6.45) is -2.86. The second-order valence-corrected chi connectivity index (χ2v) is 8.44. The average molecular weight is 419 g/mol. The highest BCUT2D eigenvalue weighted by molar-refractivity contribution is 5.80. The van der Waals surface area contributed by atoms with Crippen LogP contribution in [-0.2, 0) is 11.0 Å². The molecule has 0 aliphatic carbocycles. The van der Waals surface area contributed by atoms with Gasteiger partial charge >= 0.3 is 12.1 Å². The van der Waals surface area contributed by atoms with Gasteiger partial charge in [-0.3, -0.25) is 4.79 Å². The van der Waals surface area contributed by atoms with E-state index in [9.17, 15) is 23.1 Å². The van der Waals surface area contributed by atoms with E-state index in [1.807, 2.05) is 13.8 Å². The summed E-state index contributed by atoms with van der Waals surface area (Å²) in [5.41, 5.74) is 0.395. The summed E-state index contributed by atoms with van der Waals surface area (Å²) in [6, 6.07) is 11.6. The number of rotatable bonds is 6. The molecule has 1 aliphatic rings. The van der Waals surface area contributed by atoms with E-state index in [0.717, 1.165) is 31.5 Å². The van der Waals surface area contributed by atoms with Crippen LogP contribution in [0.5, 0.6) is 0 Å². The van der Waals surface area contributed by atoms with Crippen molar-refractivity contribution in [3.05, 3.63) is 59.2 Å². The maximum atomic E-state index is 14.3. The van der Waals surface area contributed by atoms with E-state index in [1.165, 1.54) is 6.07 Å². The molecule has 3 rings (SSSR count). The van der Waals surface area contributed by atoms with Gasteiger partial charge in [0.05, 0.1) is 11.5 Å². The molecule has 1 atom stereocenters. The largest absolute Gasteiger partial charge is 0.481 e. The zero-order chi connectivity index (χ0) is 21.9. The van der Waals surface area contributed by atoms with Crippen molar-refractivity contribution in [1.82, 2.24) is 5.32 Å². The third kappa shape index (κ3) is 5.04. The molecular formula is C24H28F3NO2. The number of piperidine rings is 1. The topological polar surface area (TPSA) is 49.3 Å². The number of carbonyl (C=O) groups is 1. The van der Waals surface area contributed by atoms with Crippen molar-refractivity contribution in [2.24, 2.45) is 5.92 Å². The Morgan fingerprint density at radius 3 is 2.30 bits per heavy atom. The van der Waals surface area contributed by atoms with E-state index in [2.05, 4.69) is 5.32 Å². The third-order valence-electron chi connectivity index (χ3n) is 5.75. The fraction of sp³-hybridized carbons (Fsp3) is 0.458. The molecule has 1 unspecified atom stereocenters. The van der Waals surface area contributed by atoms with Crippen LogP contribution in [0.4, 0.5) is 13.2 Å². The highest BCUT2D eigenvalue weighted by Crippen LogP contribution is 2.45. The highest BCUT2D eigenvalue weighted by atomic mass is 19.4. The minimum absolute atomic E-state index is 0.0464. The zero-order valence-corrected chi connectivity index (χ0v) is 17.3. The van der Waals surface area contributed by atoms with E-state index < -0.39 is 23.6 Å². The van der Waals surface area contributed by atoms with Gasteiger partial charge in [0.25, 0.3) is 0 Å². The molecule has 0 aromatic heterocycles. The van der Waals surface area contributed by atoms with Gasteiger partial charge in [-0.25, -0.2) is 0 Å². The molecule has 0 saturated carbocycles. The SMILES string of the molecule is CC(C)CC(C(=O)O)c1cc(C2CCNCC2)cc(-c2ccccc2)c1C(F)(F)F. The van der Waals surface area contributed by atoms with Gasteiger partial charge in [-0.2, -0.15) is 13.2 Å². The predicted molar refractivity (Wildman–Crippen MR) is 112 cm³/mol. The Morgan fingerprint density at radius 2 is 1.77 bits per heavy atom. The van der Waals surface area contributed by atoms with Crippen LogP contribution in [0.1, 0.15) is 61.6 Å². The number of nitrogens with one attached hydrogen (secondary N) is 1. The number of hydrogen-bond acceptors (Lipinski definition) is 2. The van der Waals surface area contributed by atoms with Gasteiger partial charge in [-0.15, -0.1) is 0 Å². The maximum absolute atomic E-state index is 14.3. The molecule has 2 aromatic rings. The summed E-state index contributed by atoms with van der Waals surface area (Å²) in [4.78, 5) is 12.1. The van der Waals surface area contributed by atoms with E-state index in [4.69, 9.17) is 0 Å². The fourth-order valence-corrected chi connectivity index (χ4v) is 4.35. The van der Waals surface area contributed by atoms with Gasteiger partial charge in [-0.05, 0) is 66.4 Å². The van der Waals surface area contributed by atoms with Crippen LogP contribution in [0, 0.1) is 5.92 Å². The van der Waals surface area contributed by atoms with Crippen molar-refractivity contribution in [1.29, 1.82) is 0 Å². The predicted octanol–water partition coefficient (Wildman–Crippen LogP) is 6.05. The quantitative estimate of drug-likeness (QED) is 0.599. The van der Waals surface area contributed by atoms with Gasteiger partial charge in [0.1, 0.15) is 0 Å². The van der Waals surface area contributed by atoms with Crippen molar-refractivity contribution >= 4 is 5.97 Å². The Bertz CT molecular complexity index is 872. The van der Waals surface area contributed by atoms with E-state index in [1.54, 1.807) is 36.4 Å². The molecule has 2 N–H and O–H groups in total. The van der Waals surface area contributed by atoms with Crippen molar-refractivity contribution in [2.75, 3.05) is 13.1 Å². The van der Waals surface area contributed by atoms with E-state index >= 15 is 0 Å². The van der Waals surface area contributed by atoms with Gasteiger partial charge in [0, 0.05) is 0 Å². The molecule has 0 bridgehead atoms. The summed E-state index contributed by atoms with van der Waals surface area (Å²) >= 11 is 0. The molecule has 1 fully saturated rings. The summed E-state index contributed by atoms with van der Waals surface area (Å²) < 4.78 is 43.0. The molecular weight excluding hydrogens is 391 g/mol. The Morgan fingerprint density at radius 1 is 1.13 bits per heavy atom. The lowest BCUT2D eigenvalue weighted by Crippen LogP contribution is -2.27. The van der Waals surface area contributed by atoms with E-state index in [-0.39, 0.29) is 29.4 Å². The van der Waals surface area contributed by atoms with E-state index in [0.29, 0.717) is 5.56 Å². The van der Waals surface area contributed by atoms with Crippen LogP contribution in [0.3, 0.4) is 0 Å². The van der Waals surface area contributed by atoms with Gasteiger partial charge in [0.15, 0.2) is 0 Å². The Balaban J connectivity index is 2.29. The number of aliphatic carboxylic acids is 1. The smallest absolute Gasteiger partial charge is 0.417 e. The van der Waals surface area contributed by atoms with Crippen LogP contribution in [0.2, 0.25) is 0 Å². The molecule has 162 valence electrons. The minimum atomic E-state index is -4.65. The molecule has 30 heavy (non-hydrogen) atoms. The number of benzene rings is 2. The molecule has 6 heteroatoms. The van der Waals surface area contributed by atoms with Crippen LogP contribution < -0.4 is 5.32 Å². The number of carboxylic acid groups (broad SMARTS) is 1. The Hall–Kier alpha value is -2.34. The zero-order valence-electron chi connectivity index (χ0n) is 17.3. The first-order chi connectivity index (χ1) is 14.2. The third-order valence-corrected chi connectivity index (χ3v) is 5.75. The minimum Gasteiger partial charge on any atom is -0.481 e. The first-order valence-corrected chi connectivity index (χ1v) is 10.4. The molecule has 0 radical (unpaired) electrons. The highest BCUT2D eigenvalue weighted by Gasteiger charge is 2.40. The van der Waals surface area contributed by atoms with Crippen molar-refractivity contribution < 1.29 is 23.1 Å². The van der Waals surface area contributed by atoms with Crippen molar-refractivity contribution in [3.8, 4) is 11.1 Å². The number of hydrogen-bond donors (Lipinski definition) is 2. The summed E-state index contributed by atoms with van der Waals surface area (Å²) in [5.74, 6) is -2.35.